The lowest BCUT2D eigenvalue weighted by molar-refractivity contribution is -0.116. The third kappa shape index (κ3) is 3.94. The monoisotopic (exact) mass is 341 g/mol. The largest absolute Gasteiger partial charge is 0.339 e. The number of hydrogen-bond donors (Lipinski definition) is 1. The number of carbonyl (C=O) groups excluding carboxylic acids is 2. The number of carbonyl (C=O) groups is 2. The van der Waals surface area contributed by atoms with Gasteiger partial charge in [0.05, 0.1) is 0 Å². The van der Waals surface area contributed by atoms with E-state index in [-0.39, 0.29) is 18.1 Å². The summed E-state index contributed by atoms with van der Waals surface area (Å²) in [7, 11) is 0. The van der Waals surface area contributed by atoms with Crippen LogP contribution in [-0.4, -0.2) is 21.8 Å². The van der Waals surface area contributed by atoms with Crippen molar-refractivity contribution in [2.45, 2.75) is 19.8 Å². The Balaban J connectivity index is 1.56. The highest BCUT2D eigenvalue weighted by atomic mass is 32.1. The molecule has 3 rings (SSSR count). The maximum Gasteiger partial charge on any atom is 0.227 e. The molecule has 0 radical (unpaired) electrons. The highest BCUT2D eigenvalue weighted by Crippen LogP contribution is 2.19. The van der Waals surface area contributed by atoms with Crippen molar-refractivity contribution in [3.8, 4) is 11.4 Å². The highest BCUT2D eigenvalue weighted by Gasteiger charge is 2.11. The lowest BCUT2D eigenvalue weighted by atomic mass is 10.1. The first kappa shape index (κ1) is 16.1. The van der Waals surface area contributed by atoms with Crippen LogP contribution in [0.25, 0.3) is 11.4 Å². The second-order valence-electron chi connectivity index (χ2n) is 5.21. The smallest absolute Gasteiger partial charge is 0.227 e. The molecule has 1 N–H and O–H groups in total. The summed E-state index contributed by atoms with van der Waals surface area (Å²) in [6.45, 7) is 1.49. The Hall–Kier alpha value is -2.80. The van der Waals surface area contributed by atoms with Gasteiger partial charge in [-0.2, -0.15) is 16.3 Å². The Kier molecular flexibility index (Phi) is 4.81. The van der Waals surface area contributed by atoms with E-state index in [9.17, 15) is 9.59 Å². The third-order valence-electron chi connectivity index (χ3n) is 3.37. The summed E-state index contributed by atoms with van der Waals surface area (Å²) in [5.41, 5.74) is 2.06. The average molecular weight is 341 g/mol. The second-order valence-corrected chi connectivity index (χ2v) is 5.99. The van der Waals surface area contributed by atoms with Gasteiger partial charge in [0, 0.05) is 35.0 Å². The van der Waals surface area contributed by atoms with Crippen LogP contribution in [-0.2, 0) is 11.2 Å². The van der Waals surface area contributed by atoms with E-state index in [0.717, 1.165) is 5.56 Å². The van der Waals surface area contributed by atoms with Crippen LogP contribution in [0.2, 0.25) is 0 Å². The summed E-state index contributed by atoms with van der Waals surface area (Å²) >= 11 is 1.56. The molecule has 0 aliphatic rings. The van der Waals surface area contributed by atoms with Crippen LogP contribution in [0.5, 0.6) is 0 Å². The molecule has 0 bridgehead atoms. The highest BCUT2D eigenvalue weighted by molar-refractivity contribution is 7.08. The maximum atomic E-state index is 12.0. The summed E-state index contributed by atoms with van der Waals surface area (Å²) in [6.07, 6.45) is 0.574. The topological polar surface area (TPSA) is 85.1 Å². The predicted octanol–water partition coefficient (Wildman–Crippen LogP) is 3.57. The number of aromatic nitrogens is 2. The zero-order valence-corrected chi connectivity index (χ0v) is 13.8. The molecule has 0 aliphatic heterocycles. The molecule has 0 fully saturated rings. The molecular formula is C17H15N3O3S. The molecule has 0 atom stereocenters. The molecular weight excluding hydrogens is 326 g/mol. The molecule has 0 spiro atoms. The summed E-state index contributed by atoms with van der Waals surface area (Å²) in [5, 5.41) is 10.5. The minimum Gasteiger partial charge on any atom is -0.339 e. The minimum atomic E-state index is -0.175. The van der Waals surface area contributed by atoms with Crippen LogP contribution in [0.3, 0.4) is 0 Å². The van der Waals surface area contributed by atoms with Gasteiger partial charge < -0.3 is 9.84 Å². The number of rotatable bonds is 6. The van der Waals surface area contributed by atoms with Gasteiger partial charge in [0.2, 0.25) is 17.6 Å². The Labute approximate surface area is 142 Å². The number of ketones is 1. The number of nitrogens with zero attached hydrogens (tertiary/aromatic N) is 2. The summed E-state index contributed by atoms with van der Waals surface area (Å²) < 4.78 is 5.16. The number of amides is 1. The van der Waals surface area contributed by atoms with Crippen molar-refractivity contribution in [3.63, 3.8) is 0 Å². The van der Waals surface area contributed by atoms with Gasteiger partial charge in [-0.25, -0.2) is 0 Å². The van der Waals surface area contributed by atoms with Crippen LogP contribution in [0.4, 0.5) is 5.69 Å². The standard InChI is InChI=1S/C17H15N3O3S/c1-11(21)12-3-2-4-14(9-12)18-15(22)5-6-16-19-17(20-23-16)13-7-8-24-10-13/h2-4,7-10H,5-6H2,1H3,(H,18,22). The number of anilines is 1. The summed E-state index contributed by atoms with van der Waals surface area (Å²) in [5.74, 6) is 0.730. The van der Waals surface area contributed by atoms with Crippen LogP contribution >= 0.6 is 11.3 Å². The number of nitrogens with one attached hydrogen (secondary N) is 1. The van der Waals surface area contributed by atoms with Crippen molar-refractivity contribution in [2.75, 3.05) is 5.32 Å². The fourth-order valence-electron chi connectivity index (χ4n) is 2.13. The van der Waals surface area contributed by atoms with Gasteiger partial charge in [0.15, 0.2) is 5.78 Å². The first-order valence-electron chi connectivity index (χ1n) is 7.38. The van der Waals surface area contributed by atoms with Crippen LogP contribution in [0.15, 0.2) is 45.6 Å². The molecule has 122 valence electrons. The van der Waals surface area contributed by atoms with Gasteiger partial charge in [0.25, 0.3) is 0 Å². The number of thiophene rings is 1. The summed E-state index contributed by atoms with van der Waals surface area (Å²) in [4.78, 5) is 27.6. The molecule has 1 aromatic carbocycles. The van der Waals surface area contributed by atoms with Crippen molar-refractivity contribution in [1.29, 1.82) is 0 Å². The number of benzene rings is 1. The van der Waals surface area contributed by atoms with Gasteiger partial charge in [-0.1, -0.05) is 17.3 Å². The lowest BCUT2D eigenvalue weighted by Gasteiger charge is -2.05. The quantitative estimate of drug-likeness (QED) is 0.693. The molecule has 0 aliphatic carbocycles. The first-order chi connectivity index (χ1) is 11.6. The molecule has 0 saturated carbocycles. The van der Waals surface area contributed by atoms with Crippen molar-refractivity contribution < 1.29 is 14.1 Å². The van der Waals surface area contributed by atoms with E-state index in [1.165, 1.54) is 6.92 Å². The average Bonchev–Trinajstić information content (AvgIpc) is 3.24. The molecule has 6 nitrogen and oxygen atoms in total. The molecule has 2 heterocycles. The molecule has 24 heavy (non-hydrogen) atoms. The molecule has 0 unspecified atom stereocenters. The predicted molar refractivity (Wildman–Crippen MR) is 91.0 cm³/mol. The Morgan fingerprint density at radius 3 is 2.92 bits per heavy atom. The maximum absolute atomic E-state index is 12.0. The Morgan fingerprint density at radius 1 is 1.29 bits per heavy atom. The van der Waals surface area contributed by atoms with Crippen LogP contribution in [0.1, 0.15) is 29.6 Å². The number of hydrogen-bond acceptors (Lipinski definition) is 6. The van der Waals surface area contributed by atoms with E-state index >= 15 is 0 Å². The van der Waals surface area contributed by atoms with Gasteiger partial charge in [-0.05, 0) is 30.5 Å². The van der Waals surface area contributed by atoms with Crippen molar-refractivity contribution in [2.24, 2.45) is 0 Å². The molecule has 1 amide bonds. The first-order valence-corrected chi connectivity index (χ1v) is 8.32. The fraction of sp³-hybridized carbons (Fsp3) is 0.176. The van der Waals surface area contributed by atoms with E-state index in [1.54, 1.807) is 35.6 Å². The van der Waals surface area contributed by atoms with E-state index in [4.69, 9.17) is 4.52 Å². The van der Waals surface area contributed by atoms with Gasteiger partial charge in [-0.15, -0.1) is 0 Å². The number of aryl methyl sites for hydroxylation is 1. The normalized spacial score (nSPS) is 10.5. The van der Waals surface area contributed by atoms with E-state index in [0.29, 0.717) is 29.4 Å². The lowest BCUT2D eigenvalue weighted by Crippen LogP contribution is -2.12. The molecule has 2 aromatic heterocycles. The van der Waals surface area contributed by atoms with Crippen LogP contribution in [0, 0.1) is 0 Å². The zero-order valence-electron chi connectivity index (χ0n) is 13.0. The Morgan fingerprint density at radius 2 is 2.17 bits per heavy atom. The summed E-state index contributed by atoms with van der Waals surface area (Å²) in [6, 6.07) is 8.75. The zero-order chi connectivity index (χ0) is 16.9. The van der Waals surface area contributed by atoms with Crippen molar-refractivity contribution >= 4 is 28.7 Å². The third-order valence-corrected chi connectivity index (χ3v) is 4.05. The van der Waals surface area contributed by atoms with E-state index in [2.05, 4.69) is 15.5 Å². The minimum absolute atomic E-state index is 0.0436. The van der Waals surface area contributed by atoms with Crippen molar-refractivity contribution in [3.05, 3.63) is 52.5 Å². The molecule has 0 saturated heterocycles. The SMILES string of the molecule is CC(=O)c1cccc(NC(=O)CCc2nc(-c3ccsc3)no2)c1. The molecule has 7 heteroatoms. The number of Topliss-reactive ketones (excluding diaryl/α,β-unsaturated/α-hetero) is 1. The van der Waals surface area contributed by atoms with E-state index in [1.807, 2.05) is 16.8 Å². The molecule has 3 aromatic rings. The fourth-order valence-corrected chi connectivity index (χ4v) is 2.76. The van der Waals surface area contributed by atoms with Crippen LogP contribution < -0.4 is 5.32 Å². The van der Waals surface area contributed by atoms with Crippen molar-refractivity contribution in [1.82, 2.24) is 10.1 Å². The van der Waals surface area contributed by atoms with Gasteiger partial charge in [-0.3, -0.25) is 9.59 Å². The Bertz CT molecular complexity index is 856. The van der Waals surface area contributed by atoms with Gasteiger partial charge >= 0.3 is 0 Å². The van der Waals surface area contributed by atoms with Gasteiger partial charge in [0.1, 0.15) is 0 Å². The van der Waals surface area contributed by atoms with E-state index < -0.39 is 0 Å². The second kappa shape index (κ2) is 7.18.